The summed E-state index contributed by atoms with van der Waals surface area (Å²) in [6.07, 6.45) is 0.838. The van der Waals surface area contributed by atoms with E-state index in [4.69, 9.17) is 4.74 Å². The second-order valence-electron chi connectivity index (χ2n) is 4.96. The minimum atomic E-state index is -0.431. The minimum Gasteiger partial charge on any atom is -0.497 e. The number of rotatable bonds is 7. The Morgan fingerprint density at radius 3 is 2.48 bits per heavy atom. The second-order valence-corrected chi connectivity index (χ2v) is 4.96. The van der Waals surface area contributed by atoms with Crippen LogP contribution in [0.25, 0.3) is 0 Å². The summed E-state index contributed by atoms with van der Waals surface area (Å²) in [7, 11) is 3.54. The van der Waals surface area contributed by atoms with Gasteiger partial charge in [0.05, 0.1) is 14.2 Å². The van der Waals surface area contributed by atoms with Gasteiger partial charge in [0.25, 0.3) is 5.91 Å². The lowest BCUT2D eigenvalue weighted by Gasteiger charge is -2.14. The zero-order valence-electron chi connectivity index (χ0n) is 12.9. The summed E-state index contributed by atoms with van der Waals surface area (Å²) in [5.74, 6) is 0.524. The Labute approximate surface area is 125 Å². The van der Waals surface area contributed by atoms with E-state index < -0.39 is 6.03 Å². The lowest BCUT2D eigenvalue weighted by molar-refractivity contribution is -0.885. The van der Waals surface area contributed by atoms with Crippen molar-refractivity contribution in [2.24, 2.45) is 0 Å². The van der Waals surface area contributed by atoms with Crippen LogP contribution in [0.1, 0.15) is 18.9 Å². The molecule has 0 aromatic heterocycles. The van der Waals surface area contributed by atoms with Gasteiger partial charge in [0.15, 0.2) is 6.54 Å². The van der Waals surface area contributed by atoms with Crippen molar-refractivity contribution >= 4 is 11.9 Å². The number of amides is 3. The van der Waals surface area contributed by atoms with Gasteiger partial charge in [-0.15, -0.1) is 0 Å². The molecule has 1 atom stereocenters. The highest BCUT2D eigenvalue weighted by molar-refractivity contribution is 5.94. The molecule has 21 heavy (non-hydrogen) atoms. The van der Waals surface area contributed by atoms with Gasteiger partial charge >= 0.3 is 6.03 Å². The van der Waals surface area contributed by atoms with E-state index in [1.807, 2.05) is 38.2 Å². The Hall–Kier alpha value is -2.08. The highest BCUT2D eigenvalue weighted by atomic mass is 16.5. The molecule has 0 saturated heterocycles. The first-order chi connectivity index (χ1) is 10.0. The molecule has 3 amide bonds. The van der Waals surface area contributed by atoms with E-state index in [0.29, 0.717) is 13.1 Å². The lowest BCUT2D eigenvalue weighted by Crippen LogP contribution is -3.09. The molecule has 0 spiro atoms. The van der Waals surface area contributed by atoms with Gasteiger partial charge in [-0.2, -0.15) is 0 Å². The number of carbonyl (C=O) groups excluding carboxylic acids is 2. The van der Waals surface area contributed by atoms with Crippen molar-refractivity contribution in [1.29, 1.82) is 0 Å². The fraction of sp³-hybridized carbons (Fsp3) is 0.467. The Kier molecular flexibility index (Phi) is 7.25. The largest absolute Gasteiger partial charge is 0.497 e. The summed E-state index contributed by atoms with van der Waals surface area (Å²) < 4.78 is 5.10. The van der Waals surface area contributed by atoms with Gasteiger partial charge in [-0.05, 0) is 30.7 Å². The van der Waals surface area contributed by atoms with Crippen molar-refractivity contribution in [2.45, 2.75) is 19.9 Å². The van der Waals surface area contributed by atoms with Crippen molar-refractivity contribution in [1.82, 2.24) is 10.6 Å². The van der Waals surface area contributed by atoms with E-state index in [9.17, 15) is 9.59 Å². The van der Waals surface area contributed by atoms with Crippen LogP contribution in [0.5, 0.6) is 5.75 Å². The highest BCUT2D eigenvalue weighted by Gasteiger charge is 2.13. The first kappa shape index (κ1) is 17.0. The summed E-state index contributed by atoms with van der Waals surface area (Å²) in [5, 5.41) is 4.92. The molecule has 0 aliphatic heterocycles. The summed E-state index contributed by atoms with van der Waals surface area (Å²) in [6.45, 7) is 3.46. The van der Waals surface area contributed by atoms with Crippen LogP contribution in [0, 0.1) is 0 Å². The fourth-order valence-corrected chi connectivity index (χ4v) is 1.88. The van der Waals surface area contributed by atoms with Gasteiger partial charge in [-0.3, -0.25) is 10.1 Å². The molecule has 3 N–H and O–H groups in total. The third-order valence-corrected chi connectivity index (χ3v) is 2.92. The molecule has 6 heteroatoms. The number of nitrogens with one attached hydrogen (secondary N) is 3. The van der Waals surface area contributed by atoms with Crippen LogP contribution in [0.2, 0.25) is 0 Å². The zero-order valence-corrected chi connectivity index (χ0v) is 12.9. The molecule has 1 rings (SSSR count). The first-order valence-corrected chi connectivity index (χ1v) is 7.07. The SMILES string of the molecule is CCCNC(=O)NC(=O)C[NH+](C)Cc1ccc(OC)cc1. The Bertz CT molecular complexity index is 460. The number of hydrogen-bond donors (Lipinski definition) is 3. The van der Waals surface area contributed by atoms with Crippen molar-refractivity contribution in [3.63, 3.8) is 0 Å². The number of likely N-dealkylation sites (N-methyl/N-ethyl adjacent to an activating group) is 1. The monoisotopic (exact) mass is 294 g/mol. The second kappa shape index (κ2) is 8.97. The number of hydrogen-bond acceptors (Lipinski definition) is 3. The standard InChI is InChI=1S/C15H23N3O3/c1-4-9-16-15(20)17-14(19)11-18(2)10-12-5-7-13(21-3)8-6-12/h5-8H,4,9-11H2,1-3H3,(H2,16,17,19,20)/p+1. The predicted molar refractivity (Wildman–Crippen MR) is 80.3 cm³/mol. The number of benzene rings is 1. The molecule has 6 nitrogen and oxygen atoms in total. The van der Waals surface area contributed by atoms with Crippen LogP contribution >= 0.6 is 0 Å². The predicted octanol–water partition coefficient (Wildman–Crippen LogP) is -0.0543. The van der Waals surface area contributed by atoms with E-state index in [-0.39, 0.29) is 12.5 Å². The van der Waals surface area contributed by atoms with Crippen molar-refractivity contribution in [3.05, 3.63) is 29.8 Å². The van der Waals surface area contributed by atoms with Crippen molar-refractivity contribution in [3.8, 4) is 5.75 Å². The molecule has 0 saturated carbocycles. The number of carbonyl (C=O) groups is 2. The molecule has 1 aromatic rings. The van der Waals surface area contributed by atoms with E-state index in [2.05, 4.69) is 10.6 Å². The summed E-state index contributed by atoms with van der Waals surface area (Å²) in [5.41, 5.74) is 1.11. The third kappa shape index (κ3) is 6.76. The van der Waals surface area contributed by atoms with E-state index in [1.165, 1.54) is 0 Å². The number of urea groups is 1. The number of ether oxygens (including phenoxy) is 1. The third-order valence-electron chi connectivity index (χ3n) is 2.92. The molecule has 0 heterocycles. The first-order valence-electron chi connectivity index (χ1n) is 7.07. The topological polar surface area (TPSA) is 71.9 Å². The van der Waals surface area contributed by atoms with Gasteiger partial charge in [0.2, 0.25) is 0 Å². The van der Waals surface area contributed by atoms with Gasteiger partial charge in [-0.25, -0.2) is 4.79 Å². The molecular formula is C15H24N3O3+. The van der Waals surface area contributed by atoms with Gasteiger partial charge in [-0.1, -0.05) is 6.92 Å². The molecule has 0 aliphatic carbocycles. The molecule has 1 aromatic carbocycles. The molecule has 0 bridgehead atoms. The lowest BCUT2D eigenvalue weighted by atomic mass is 10.2. The summed E-state index contributed by atoms with van der Waals surface area (Å²) in [6, 6.07) is 7.28. The van der Waals surface area contributed by atoms with Crippen LogP contribution < -0.4 is 20.3 Å². The summed E-state index contributed by atoms with van der Waals surface area (Å²) in [4.78, 5) is 24.1. The quantitative estimate of drug-likeness (QED) is 0.660. The molecular weight excluding hydrogens is 270 g/mol. The average molecular weight is 294 g/mol. The van der Waals surface area contributed by atoms with Crippen LogP contribution in [-0.2, 0) is 11.3 Å². The smallest absolute Gasteiger partial charge is 0.321 e. The van der Waals surface area contributed by atoms with E-state index in [1.54, 1.807) is 7.11 Å². The fourth-order valence-electron chi connectivity index (χ4n) is 1.88. The summed E-state index contributed by atoms with van der Waals surface area (Å²) >= 11 is 0. The maximum Gasteiger partial charge on any atom is 0.321 e. The maximum atomic E-state index is 11.7. The Balaban J connectivity index is 2.36. The minimum absolute atomic E-state index is 0.242. The normalized spacial score (nSPS) is 11.6. The van der Waals surface area contributed by atoms with E-state index in [0.717, 1.165) is 22.6 Å². The molecule has 0 aliphatic rings. The zero-order chi connectivity index (χ0) is 15.7. The molecule has 0 radical (unpaired) electrons. The van der Waals surface area contributed by atoms with Crippen LogP contribution in [-0.4, -0.2) is 39.2 Å². The van der Waals surface area contributed by atoms with Crippen molar-refractivity contribution in [2.75, 3.05) is 27.2 Å². The van der Waals surface area contributed by atoms with Gasteiger partial charge in [0, 0.05) is 12.1 Å². The van der Waals surface area contributed by atoms with Gasteiger partial charge < -0.3 is 15.0 Å². The van der Waals surface area contributed by atoms with Crippen LogP contribution in [0.15, 0.2) is 24.3 Å². The van der Waals surface area contributed by atoms with Crippen molar-refractivity contribution < 1.29 is 19.2 Å². The van der Waals surface area contributed by atoms with E-state index >= 15 is 0 Å². The average Bonchev–Trinajstić information content (AvgIpc) is 2.45. The number of quaternary nitrogens is 1. The van der Waals surface area contributed by atoms with Crippen LogP contribution in [0.3, 0.4) is 0 Å². The number of imide groups is 1. The molecule has 0 fully saturated rings. The molecule has 116 valence electrons. The maximum absolute atomic E-state index is 11.7. The van der Waals surface area contributed by atoms with Gasteiger partial charge in [0.1, 0.15) is 12.3 Å². The molecule has 1 unspecified atom stereocenters. The Morgan fingerprint density at radius 1 is 1.24 bits per heavy atom. The highest BCUT2D eigenvalue weighted by Crippen LogP contribution is 2.10. The van der Waals surface area contributed by atoms with Crippen LogP contribution in [0.4, 0.5) is 4.79 Å². The number of methoxy groups -OCH3 is 1. The Morgan fingerprint density at radius 2 is 1.90 bits per heavy atom.